The third kappa shape index (κ3) is 5.83. The summed E-state index contributed by atoms with van der Waals surface area (Å²) in [5.74, 6) is 0. The highest BCUT2D eigenvalue weighted by atomic mass is 35.5. The predicted octanol–water partition coefficient (Wildman–Crippen LogP) is 1.68. The van der Waals surface area contributed by atoms with Gasteiger partial charge in [0.1, 0.15) is 0 Å². The maximum absolute atomic E-state index is 5.31. The molecule has 0 aliphatic rings. The Hall–Kier alpha value is -0.170. The van der Waals surface area contributed by atoms with Gasteiger partial charge in [-0.3, -0.25) is 0 Å². The van der Waals surface area contributed by atoms with E-state index in [1.165, 1.54) is 5.57 Å². The second-order valence-corrected chi connectivity index (χ2v) is 1.68. The number of halogens is 1. The van der Waals surface area contributed by atoms with Gasteiger partial charge in [-0.2, -0.15) is 0 Å². The third-order valence-electron chi connectivity index (χ3n) is 0.789. The first kappa shape index (κ1) is 9.95. The summed E-state index contributed by atoms with van der Waals surface area (Å²) in [4.78, 5) is 0. The Bertz CT molecular complexity index is 58.1. The second kappa shape index (κ2) is 4.00. The van der Waals surface area contributed by atoms with Crippen LogP contribution < -0.4 is 5.73 Å². The summed E-state index contributed by atoms with van der Waals surface area (Å²) < 4.78 is 0. The van der Waals surface area contributed by atoms with E-state index in [9.17, 15) is 0 Å². The van der Waals surface area contributed by atoms with Gasteiger partial charge in [0.25, 0.3) is 0 Å². The fraction of sp³-hybridized carbons (Fsp3) is 0.600. The van der Waals surface area contributed by atoms with Gasteiger partial charge in [-0.1, -0.05) is 5.57 Å². The summed E-state index contributed by atoms with van der Waals surface area (Å²) in [5.41, 5.74) is 7.44. The van der Waals surface area contributed by atoms with Gasteiger partial charge in [-0.05, 0) is 20.8 Å². The summed E-state index contributed by atoms with van der Waals surface area (Å²) in [6, 6.07) is 0. The smallest absolute Gasteiger partial charge is 0.00351 e. The van der Waals surface area contributed by atoms with Crippen LogP contribution >= 0.6 is 12.4 Å². The molecule has 7 heavy (non-hydrogen) atoms. The molecule has 0 rings (SSSR count). The lowest BCUT2D eigenvalue weighted by Crippen LogP contribution is -1.91. The summed E-state index contributed by atoms with van der Waals surface area (Å²) in [5, 5.41) is 0. The molecule has 0 aliphatic carbocycles. The van der Waals surface area contributed by atoms with E-state index in [4.69, 9.17) is 5.73 Å². The van der Waals surface area contributed by atoms with Crippen LogP contribution in [0.1, 0.15) is 20.8 Å². The average molecular weight is 122 g/mol. The lowest BCUT2D eigenvalue weighted by molar-refractivity contribution is 1.19. The van der Waals surface area contributed by atoms with Gasteiger partial charge < -0.3 is 5.73 Å². The fourth-order valence-electron chi connectivity index (χ4n) is 0. The molecule has 0 spiro atoms. The van der Waals surface area contributed by atoms with Crippen LogP contribution in [0.4, 0.5) is 0 Å². The first-order chi connectivity index (χ1) is 2.64. The summed E-state index contributed by atoms with van der Waals surface area (Å²) >= 11 is 0. The van der Waals surface area contributed by atoms with Crippen molar-refractivity contribution in [1.29, 1.82) is 0 Å². The monoisotopic (exact) mass is 121 g/mol. The quantitative estimate of drug-likeness (QED) is 0.519. The Morgan fingerprint density at radius 1 is 1.14 bits per heavy atom. The molecule has 2 N–H and O–H groups in total. The fourth-order valence-corrected chi connectivity index (χ4v) is 0. The maximum atomic E-state index is 5.31. The SMILES string of the molecule is CC(C)=C(C)N.Cl. The largest absolute Gasteiger partial charge is 0.402 e. The van der Waals surface area contributed by atoms with Gasteiger partial charge in [-0.25, -0.2) is 0 Å². The molecule has 0 saturated heterocycles. The molecule has 1 nitrogen and oxygen atoms in total. The third-order valence-corrected chi connectivity index (χ3v) is 0.789. The van der Waals surface area contributed by atoms with Crippen LogP contribution in [-0.2, 0) is 0 Å². The van der Waals surface area contributed by atoms with Gasteiger partial charge in [0.05, 0.1) is 0 Å². The molecular formula is C5H12ClN. The Labute approximate surface area is 51.0 Å². The highest BCUT2D eigenvalue weighted by molar-refractivity contribution is 5.85. The van der Waals surface area contributed by atoms with Crippen LogP contribution in [0.5, 0.6) is 0 Å². The first-order valence-corrected chi connectivity index (χ1v) is 2.04. The molecule has 0 aromatic carbocycles. The molecule has 0 radical (unpaired) electrons. The predicted molar refractivity (Wildman–Crippen MR) is 35.5 cm³/mol. The Morgan fingerprint density at radius 3 is 1.29 bits per heavy atom. The van der Waals surface area contributed by atoms with Crippen LogP contribution in [0, 0.1) is 0 Å². The van der Waals surface area contributed by atoms with Crippen molar-refractivity contribution >= 4 is 12.4 Å². The van der Waals surface area contributed by atoms with E-state index in [0.29, 0.717) is 0 Å². The van der Waals surface area contributed by atoms with E-state index in [2.05, 4.69) is 0 Å². The lowest BCUT2D eigenvalue weighted by Gasteiger charge is -1.88. The molecule has 0 fully saturated rings. The van der Waals surface area contributed by atoms with Crippen LogP contribution in [0.15, 0.2) is 11.3 Å². The van der Waals surface area contributed by atoms with Crippen molar-refractivity contribution in [3.63, 3.8) is 0 Å². The maximum Gasteiger partial charge on any atom is 0.00351 e. The zero-order valence-corrected chi connectivity index (χ0v) is 5.80. The first-order valence-electron chi connectivity index (χ1n) is 2.04. The molecule has 0 unspecified atom stereocenters. The average Bonchev–Trinajstić information content (AvgIpc) is 1.36. The molecule has 2 heteroatoms. The number of nitrogens with two attached hydrogens (primary N) is 1. The summed E-state index contributed by atoms with van der Waals surface area (Å²) in [7, 11) is 0. The molecule has 0 bridgehead atoms. The zero-order chi connectivity index (χ0) is 5.15. The Morgan fingerprint density at radius 2 is 1.29 bits per heavy atom. The summed E-state index contributed by atoms with van der Waals surface area (Å²) in [6.07, 6.45) is 0. The molecule has 0 atom stereocenters. The molecule has 0 saturated carbocycles. The van der Waals surface area contributed by atoms with E-state index in [1.807, 2.05) is 20.8 Å². The van der Waals surface area contributed by atoms with Crippen LogP contribution in [0.25, 0.3) is 0 Å². The highest BCUT2D eigenvalue weighted by Gasteiger charge is 1.75. The van der Waals surface area contributed by atoms with Crippen LogP contribution in [0.3, 0.4) is 0 Å². The van der Waals surface area contributed by atoms with Crippen molar-refractivity contribution < 1.29 is 0 Å². The Kier molecular flexibility index (Phi) is 5.69. The van der Waals surface area contributed by atoms with E-state index < -0.39 is 0 Å². The normalized spacial score (nSPS) is 6.71. The number of allylic oxidation sites excluding steroid dienone is 2. The van der Waals surface area contributed by atoms with Gasteiger partial charge in [0, 0.05) is 5.70 Å². The number of hydrogen-bond donors (Lipinski definition) is 1. The Balaban J connectivity index is 0. The molecular weight excluding hydrogens is 110 g/mol. The van der Waals surface area contributed by atoms with Gasteiger partial charge in [-0.15, -0.1) is 12.4 Å². The molecule has 0 heterocycles. The van der Waals surface area contributed by atoms with Crippen molar-refractivity contribution in [1.82, 2.24) is 0 Å². The standard InChI is InChI=1S/C5H11N.ClH/c1-4(2)5(3)6;/h6H2,1-3H3;1H. The number of rotatable bonds is 0. The minimum Gasteiger partial charge on any atom is -0.402 e. The van der Waals surface area contributed by atoms with E-state index in [-0.39, 0.29) is 12.4 Å². The van der Waals surface area contributed by atoms with Gasteiger partial charge in [0.15, 0.2) is 0 Å². The van der Waals surface area contributed by atoms with Crippen molar-refractivity contribution in [2.24, 2.45) is 5.73 Å². The molecule has 0 aromatic rings. The minimum absolute atomic E-state index is 0. The second-order valence-electron chi connectivity index (χ2n) is 1.68. The van der Waals surface area contributed by atoms with E-state index >= 15 is 0 Å². The van der Waals surface area contributed by atoms with Crippen molar-refractivity contribution in [2.75, 3.05) is 0 Å². The van der Waals surface area contributed by atoms with Crippen molar-refractivity contribution in [2.45, 2.75) is 20.8 Å². The van der Waals surface area contributed by atoms with Crippen molar-refractivity contribution in [3.05, 3.63) is 11.3 Å². The zero-order valence-electron chi connectivity index (χ0n) is 4.99. The summed E-state index contributed by atoms with van der Waals surface area (Å²) in [6.45, 7) is 5.89. The number of hydrogen-bond acceptors (Lipinski definition) is 1. The topological polar surface area (TPSA) is 26.0 Å². The molecule has 0 aromatic heterocycles. The lowest BCUT2D eigenvalue weighted by atomic mass is 10.3. The van der Waals surface area contributed by atoms with Gasteiger partial charge in [0.2, 0.25) is 0 Å². The van der Waals surface area contributed by atoms with E-state index in [0.717, 1.165) is 5.70 Å². The molecule has 44 valence electrons. The van der Waals surface area contributed by atoms with Crippen LogP contribution in [-0.4, -0.2) is 0 Å². The molecule has 0 aliphatic heterocycles. The minimum atomic E-state index is 0. The highest BCUT2D eigenvalue weighted by Crippen LogP contribution is 1.90. The van der Waals surface area contributed by atoms with Crippen molar-refractivity contribution in [3.8, 4) is 0 Å². The van der Waals surface area contributed by atoms with Crippen LogP contribution in [0.2, 0.25) is 0 Å². The van der Waals surface area contributed by atoms with E-state index in [1.54, 1.807) is 0 Å². The molecule has 0 amide bonds. The van der Waals surface area contributed by atoms with Gasteiger partial charge >= 0.3 is 0 Å².